The van der Waals surface area contributed by atoms with Crippen molar-refractivity contribution in [2.75, 3.05) is 13.1 Å². The van der Waals surface area contributed by atoms with E-state index in [-0.39, 0.29) is 43.6 Å². The number of hydrogen-bond acceptors (Lipinski definition) is 9. The van der Waals surface area contributed by atoms with Gasteiger partial charge in [-0.25, -0.2) is 4.79 Å². The monoisotopic (exact) mass is 683 g/mol. The molecule has 0 aromatic carbocycles. The number of likely N-dealkylation sites (tertiary alicyclic amines) is 1. The number of hydrogen-bond donors (Lipinski definition) is 8. The topological polar surface area (TPSA) is 263 Å². The lowest BCUT2D eigenvalue weighted by Crippen LogP contribution is -2.60. The molecule has 1 rings (SSSR count). The van der Waals surface area contributed by atoms with Gasteiger partial charge >= 0.3 is 11.9 Å². The highest BCUT2D eigenvalue weighted by molar-refractivity contribution is 5.97. The van der Waals surface area contributed by atoms with Crippen molar-refractivity contribution >= 4 is 41.5 Å². The first-order chi connectivity index (χ1) is 22.4. The second-order valence-corrected chi connectivity index (χ2v) is 13.7. The van der Waals surface area contributed by atoms with Crippen LogP contribution in [0.5, 0.6) is 0 Å². The number of amides is 5. The zero-order valence-corrected chi connectivity index (χ0v) is 29.1. The minimum absolute atomic E-state index is 0.0920. The number of nitrogens with one attached hydrogen (secondary N) is 4. The fourth-order valence-electron chi connectivity index (χ4n) is 5.54. The van der Waals surface area contributed by atoms with Crippen molar-refractivity contribution in [2.45, 2.75) is 129 Å². The van der Waals surface area contributed by atoms with Gasteiger partial charge in [0.05, 0.1) is 12.5 Å². The molecule has 1 heterocycles. The number of nitrogens with zero attached hydrogens (tertiary/aromatic N) is 1. The van der Waals surface area contributed by atoms with Crippen LogP contribution in [0.25, 0.3) is 0 Å². The predicted molar refractivity (Wildman–Crippen MR) is 177 cm³/mol. The molecule has 0 aromatic rings. The van der Waals surface area contributed by atoms with Gasteiger partial charge in [0.2, 0.25) is 29.5 Å². The molecule has 0 bridgehead atoms. The first kappa shape index (κ1) is 42.2. The van der Waals surface area contributed by atoms with E-state index in [1.54, 1.807) is 13.8 Å². The van der Waals surface area contributed by atoms with Crippen molar-refractivity contribution in [3.05, 3.63) is 0 Å². The average molecular weight is 684 g/mol. The van der Waals surface area contributed by atoms with Crippen LogP contribution in [-0.2, 0) is 33.6 Å². The zero-order chi connectivity index (χ0) is 36.7. The van der Waals surface area contributed by atoms with E-state index in [1.165, 1.54) is 0 Å². The Hall–Kier alpha value is -3.79. The number of carbonyl (C=O) groups excluding carboxylic acids is 5. The summed E-state index contributed by atoms with van der Waals surface area (Å²) in [5.74, 6) is -6.43. The van der Waals surface area contributed by atoms with Crippen molar-refractivity contribution < 1.29 is 43.8 Å². The lowest BCUT2D eigenvalue weighted by molar-refractivity contribution is -0.147. The summed E-state index contributed by atoms with van der Waals surface area (Å²) in [4.78, 5) is 91.2. The van der Waals surface area contributed by atoms with Crippen LogP contribution in [-0.4, -0.2) is 106 Å². The number of carbonyl (C=O) groups is 7. The van der Waals surface area contributed by atoms with E-state index < -0.39 is 84.1 Å². The minimum Gasteiger partial charge on any atom is -0.481 e. The Kier molecular flexibility index (Phi) is 18.1. The smallest absolute Gasteiger partial charge is 0.326 e. The Morgan fingerprint density at radius 1 is 0.771 bits per heavy atom. The molecule has 16 heteroatoms. The van der Waals surface area contributed by atoms with Crippen molar-refractivity contribution in [3.63, 3.8) is 0 Å². The Bertz CT molecular complexity index is 1130. The fourth-order valence-corrected chi connectivity index (χ4v) is 5.54. The van der Waals surface area contributed by atoms with Gasteiger partial charge in [0.1, 0.15) is 30.2 Å². The molecule has 1 fully saturated rings. The first-order valence-electron chi connectivity index (χ1n) is 16.8. The molecular weight excluding hydrogens is 626 g/mol. The van der Waals surface area contributed by atoms with Crippen LogP contribution >= 0.6 is 0 Å². The Morgan fingerprint density at radius 2 is 1.38 bits per heavy atom. The third-order valence-corrected chi connectivity index (χ3v) is 8.04. The van der Waals surface area contributed by atoms with E-state index in [0.717, 1.165) is 4.90 Å². The van der Waals surface area contributed by atoms with E-state index in [0.29, 0.717) is 32.2 Å². The number of rotatable bonds is 21. The summed E-state index contributed by atoms with van der Waals surface area (Å²) in [5, 5.41) is 29.4. The molecule has 0 radical (unpaired) electrons. The second-order valence-electron chi connectivity index (χ2n) is 13.7. The summed E-state index contributed by atoms with van der Waals surface area (Å²) in [5.41, 5.74) is 11.5. The zero-order valence-electron chi connectivity index (χ0n) is 29.1. The summed E-state index contributed by atoms with van der Waals surface area (Å²) < 4.78 is 0. The van der Waals surface area contributed by atoms with Crippen LogP contribution in [0.15, 0.2) is 0 Å². The van der Waals surface area contributed by atoms with Crippen LogP contribution in [0, 0.1) is 17.8 Å². The Balaban J connectivity index is 3.16. The van der Waals surface area contributed by atoms with Gasteiger partial charge in [0, 0.05) is 6.54 Å². The second kappa shape index (κ2) is 20.5. The van der Waals surface area contributed by atoms with Crippen LogP contribution in [0.2, 0.25) is 0 Å². The molecule has 0 aromatic heterocycles. The molecule has 274 valence electrons. The fraction of sp³-hybridized carbons (Fsp3) is 0.781. The SMILES string of the molecule is CC(C)C[C@H](NC(=O)[C@@H](NC(=O)[C@@H](N)CC(C)C)C(C)C)C(=O)N[C@@H](CC(=O)O)C(=O)N1CCC[C@H]1C(=O)N[C@@H](CCCCN)C(=O)O. The molecule has 1 aliphatic rings. The molecule has 0 saturated carbocycles. The maximum atomic E-state index is 13.7. The highest BCUT2D eigenvalue weighted by Gasteiger charge is 2.40. The number of nitrogens with two attached hydrogens (primary N) is 2. The maximum absolute atomic E-state index is 13.7. The molecule has 0 aliphatic carbocycles. The van der Waals surface area contributed by atoms with Crippen LogP contribution in [0.1, 0.15) is 92.9 Å². The third-order valence-electron chi connectivity index (χ3n) is 8.04. The lowest BCUT2D eigenvalue weighted by atomic mass is 9.98. The summed E-state index contributed by atoms with van der Waals surface area (Å²) in [6.07, 6.45) is 1.54. The minimum atomic E-state index is -1.58. The van der Waals surface area contributed by atoms with E-state index >= 15 is 0 Å². The molecular formula is C32H57N7O9. The lowest BCUT2D eigenvalue weighted by Gasteiger charge is -2.31. The molecule has 48 heavy (non-hydrogen) atoms. The van der Waals surface area contributed by atoms with Gasteiger partial charge in [-0.15, -0.1) is 0 Å². The molecule has 5 amide bonds. The number of unbranched alkanes of at least 4 members (excludes halogenated alkanes) is 1. The molecule has 0 spiro atoms. The molecule has 10 N–H and O–H groups in total. The van der Waals surface area contributed by atoms with Crippen LogP contribution in [0.4, 0.5) is 0 Å². The van der Waals surface area contributed by atoms with Crippen molar-refractivity contribution in [3.8, 4) is 0 Å². The van der Waals surface area contributed by atoms with Gasteiger partial charge in [0.25, 0.3) is 0 Å². The van der Waals surface area contributed by atoms with Gasteiger partial charge in [-0.05, 0) is 69.2 Å². The first-order valence-corrected chi connectivity index (χ1v) is 16.8. The third kappa shape index (κ3) is 14.1. The van der Waals surface area contributed by atoms with E-state index in [9.17, 15) is 43.8 Å². The number of carboxylic acids is 2. The van der Waals surface area contributed by atoms with Gasteiger partial charge in [-0.3, -0.25) is 28.8 Å². The molecule has 0 unspecified atom stereocenters. The van der Waals surface area contributed by atoms with Gasteiger partial charge in [-0.1, -0.05) is 41.5 Å². The maximum Gasteiger partial charge on any atom is 0.326 e. The normalized spacial score (nSPS) is 17.7. The Morgan fingerprint density at radius 3 is 1.90 bits per heavy atom. The highest BCUT2D eigenvalue weighted by atomic mass is 16.4. The number of carboxylic acid groups (broad SMARTS) is 2. The van der Waals surface area contributed by atoms with Crippen LogP contribution in [0.3, 0.4) is 0 Å². The Labute approximate surface area is 282 Å². The van der Waals surface area contributed by atoms with E-state index in [1.807, 2.05) is 27.7 Å². The molecule has 1 aliphatic heterocycles. The van der Waals surface area contributed by atoms with Crippen molar-refractivity contribution in [2.24, 2.45) is 29.2 Å². The van der Waals surface area contributed by atoms with Crippen molar-refractivity contribution in [1.82, 2.24) is 26.2 Å². The van der Waals surface area contributed by atoms with Crippen LogP contribution < -0.4 is 32.7 Å². The molecule has 16 nitrogen and oxygen atoms in total. The van der Waals surface area contributed by atoms with Gasteiger partial charge < -0.3 is 47.8 Å². The largest absolute Gasteiger partial charge is 0.481 e. The van der Waals surface area contributed by atoms with E-state index in [2.05, 4.69) is 21.3 Å². The standard InChI is InChI=1S/C32H57N7O9/c1-17(2)14-20(34)27(42)38-26(19(5)6)30(45)36-22(15-18(3)4)28(43)37-23(16-25(40)41)31(46)39-13-9-11-24(39)29(44)35-21(32(47)48)10-7-8-12-33/h17-24,26H,7-16,33-34H2,1-6H3,(H,35,44)(H,36,45)(H,37,43)(H,38,42)(H,40,41)(H,47,48)/t20-,21-,22-,23-,24-,26-/m0/s1. The summed E-state index contributed by atoms with van der Waals surface area (Å²) in [6, 6.07) is -6.88. The summed E-state index contributed by atoms with van der Waals surface area (Å²) in [7, 11) is 0. The predicted octanol–water partition coefficient (Wildman–Crippen LogP) is -0.320. The summed E-state index contributed by atoms with van der Waals surface area (Å²) >= 11 is 0. The highest BCUT2D eigenvalue weighted by Crippen LogP contribution is 2.20. The number of aliphatic carboxylic acids is 2. The van der Waals surface area contributed by atoms with Gasteiger partial charge in [-0.2, -0.15) is 0 Å². The summed E-state index contributed by atoms with van der Waals surface area (Å²) in [6.45, 7) is 11.4. The molecule has 6 atom stereocenters. The van der Waals surface area contributed by atoms with Gasteiger partial charge in [0.15, 0.2) is 0 Å². The van der Waals surface area contributed by atoms with E-state index in [4.69, 9.17) is 11.5 Å². The quantitative estimate of drug-likeness (QED) is 0.0727. The van der Waals surface area contributed by atoms with Crippen molar-refractivity contribution in [1.29, 1.82) is 0 Å². The average Bonchev–Trinajstić information content (AvgIpc) is 3.47. The molecule has 1 saturated heterocycles.